The maximum atomic E-state index is 12.2. The molecule has 3 amide bonds. The highest BCUT2D eigenvalue weighted by molar-refractivity contribution is 7.09. The zero-order valence-electron chi connectivity index (χ0n) is 13.4. The molecular formula is C18H18N2O3S. The molecule has 0 fully saturated rings. The first-order chi connectivity index (χ1) is 11.6. The van der Waals surface area contributed by atoms with Gasteiger partial charge in [0.1, 0.15) is 0 Å². The highest BCUT2D eigenvalue weighted by Gasteiger charge is 2.34. The van der Waals surface area contributed by atoms with Crippen molar-refractivity contribution in [1.29, 1.82) is 0 Å². The second kappa shape index (κ2) is 6.97. The van der Waals surface area contributed by atoms with Gasteiger partial charge in [-0.1, -0.05) is 18.2 Å². The largest absolute Gasteiger partial charge is 0.341 e. The summed E-state index contributed by atoms with van der Waals surface area (Å²) < 4.78 is 0. The first kappa shape index (κ1) is 16.4. The van der Waals surface area contributed by atoms with Crippen molar-refractivity contribution >= 4 is 29.1 Å². The first-order valence-corrected chi connectivity index (χ1v) is 8.67. The van der Waals surface area contributed by atoms with Crippen LogP contribution in [0.15, 0.2) is 41.8 Å². The summed E-state index contributed by atoms with van der Waals surface area (Å²) in [5.74, 6) is -0.523. The van der Waals surface area contributed by atoms with E-state index in [-0.39, 0.29) is 24.3 Å². The van der Waals surface area contributed by atoms with Gasteiger partial charge in [0.2, 0.25) is 5.91 Å². The lowest BCUT2D eigenvalue weighted by atomic mass is 10.1. The zero-order chi connectivity index (χ0) is 17.1. The molecule has 0 saturated heterocycles. The van der Waals surface area contributed by atoms with Crippen molar-refractivity contribution < 1.29 is 14.4 Å². The molecule has 0 bridgehead atoms. The molecule has 0 aliphatic carbocycles. The summed E-state index contributed by atoms with van der Waals surface area (Å²) in [6.07, 6.45) is 0.786. The lowest BCUT2D eigenvalue weighted by Gasteiger charge is -2.18. The molecule has 0 atom stereocenters. The van der Waals surface area contributed by atoms with Crippen LogP contribution in [0.2, 0.25) is 0 Å². The molecule has 1 aliphatic heterocycles. The molecule has 124 valence electrons. The second-order valence-electron chi connectivity index (χ2n) is 5.74. The average Bonchev–Trinajstić information content (AvgIpc) is 3.17. The molecule has 3 rings (SSSR count). The minimum atomic E-state index is -0.269. The third kappa shape index (κ3) is 3.23. The van der Waals surface area contributed by atoms with E-state index in [2.05, 4.69) is 0 Å². The van der Waals surface area contributed by atoms with Crippen LogP contribution in [0.25, 0.3) is 0 Å². The predicted octanol–water partition coefficient (Wildman–Crippen LogP) is 2.78. The first-order valence-electron chi connectivity index (χ1n) is 7.79. The van der Waals surface area contributed by atoms with Crippen molar-refractivity contribution in [1.82, 2.24) is 9.80 Å². The summed E-state index contributed by atoms with van der Waals surface area (Å²) in [5, 5.41) is 1.98. The van der Waals surface area contributed by atoms with Gasteiger partial charge in [-0.2, -0.15) is 0 Å². The van der Waals surface area contributed by atoms with Crippen molar-refractivity contribution in [3.05, 3.63) is 57.8 Å². The Morgan fingerprint density at radius 2 is 1.75 bits per heavy atom. The Bertz CT molecular complexity index is 735. The van der Waals surface area contributed by atoms with Gasteiger partial charge in [-0.05, 0) is 30.0 Å². The Balaban J connectivity index is 1.51. The predicted molar refractivity (Wildman–Crippen MR) is 91.8 cm³/mol. The van der Waals surface area contributed by atoms with Gasteiger partial charge in [0.05, 0.1) is 17.7 Å². The fraction of sp³-hybridized carbons (Fsp3) is 0.278. The van der Waals surface area contributed by atoms with Crippen LogP contribution in [-0.4, -0.2) is 41.1 Å². The third-order valence-electron chi connectivity index (χ3n) is 4.05. The SMILES string of the molecule is CN(Cc1cccs1)C(=O)CCCN1C(=O)c2ccccc2C1=O. The van der Waals surface area contributed by atoms with E-state index >= 15 is 0 Å². The summed E-state index contributed by atoms with van der Waals surface area (Å²) in [5.41, 5.74) is 0.896. The molecule has 0 unspecified atom stereocenters. The van der Waals surface area contributed by atoms with Gasteiger partial charge in [-0.15, -0.1) is 11.3 Å². The number of rotatable bonds is 6. The van der Waals surface area contributed by atoms with Gasteiger partial charge in [0.15, 0.2) is 0 Å². The minimum absolute atomic E-state index is 0.0139. The molecule has 1 aromatic carbocycles. The second-order valence-corrected chi connectivity index (χ2v) is 6.77. The van der Waals surface area contributed by atoms with Gasteiger partial charge >= 0.3 is 0 Å². The standard InChI is InChI=1S/C18H18N2O3S/c1-19(12-13-6-5-11-24-13)16(21)9-4-10-20-17(22)14-7-2-3-8-15(14)18(20)23/h2-3,5-8,11H,4,9-10,12H2,1H3. The Kier molecular flexibility index (Phi) is 4.76. The van der Waals surface area contributed by atoms with E-state index in [9.17, 15) is 14.4 Å². The number of imide groups is 1. The van der Waals surface area contributed by atoms with E-state index < -0.39 is 0 Å². The quantitative estimate of drug-likeness (QED) is 0.759. The van der Waals surface area contributed by atoms with Crippen LogP contribution >= 0.6 is 11.3 Å². The number of hydrogen-bond donors (Lipinski definition) is 0. The smallest absolute Gasteiger partial charge is 0.261 e. The molecule has 6 heteroatoms. The van der Waals surface area contributed by atoms with Crippen LogP contribution in [0, 0.1) is 0 Å². The van der Waals surface area contributed by atoms with E-state index in [1.54, 1.807) is 47.5 Å². The molecule has 0 N–H and O–H groups in total. The molecule has 1 aliphatic rings. The third-order valence-corrected chi connectivity index (χ3v) is 4.91. The van der Waals surface area contributed by atoms with E-state index in [0.29, 0.717) is 30.5 Å². The van der Waals surface area contributed by atoms with Crippen LogP contribution in [-0.2, 0) is 11.3 Å². The molecule has 2 aromatic rings. The molecule has 0 spiro atoms. The summed E-state index contributed by atoms with van der Waals surface area (Å²) in [4.78, 5) is 40.7. The molecule has 5 nitrogen and oxygen atoms in total. The number of carbonyl (C=O) groups excluding carboxylic acids is 3. The van der Waals surface area contributed by atoms with Crippen molar-refractivity contribution in [3.63, 3.8) is 0 Å². The van der Waals surface area contributed by atoms with Crippen molar-refractivity contribution in [3.8, 4) is 0 Å². The van der Waals surface area contributed by atoms with Gasteiger partial charge in [0.25, 0.3) is 11.8 Å². The van der Waals surface area contributed by atoms with Gasteiger partial charge in [0, 0.05) is 24.9 Å². The van der Waals surface area contributed by atoms with Crippen molar-refractivity contribution in [2.45, 2.75) is 19.4 Å². The van der Waals surface area contributed by atoms with Gasteiger partial charge in [-0.3, -0.25) is 19.3 Å². The van der Waals surface area contributed by atoms with Gasteiger partial charge < -0.3 is 4.90 Å². The van der Waals surface area contributed by atoms with Crippen molar-refractivity contribution in [2.24, 2.45) is 0 Å². The summed E-state index contributed by atoms with van der Waals surface area (Å²) in [6, 6.07) is 10.8. The number of carbonyl (C=O) groups is 3. The highest BCUT2D eigenvalue weighted by atomic mass is 32.1. The number of fused-ring (bicyclic) bond motifs is 1. The summed E-state index contributed by atoms with van der Waals surface area (Å²) in [6.45, 7) is 0.856. The summed E-state index contributed by atoms with van der Waals surface area (Å²) in [7, 11) is 1.77. The molecular weight excluding hydrogens is 324 g/mol. The van der Waals surface area contributed by atoms with E-state index in [1.807, 2.05) is 17.5 Å². The number of thiophene rings is 1. The normalized spacial score (nSPS) is 13.3. The van der Waals surface area contributed by atoms with Crippen LogP contribution in [0.3, 0.4) is 0 Å². The Hall–Kier alpha value is -2.47. The van der Waals surface area contributed by atoms with Crippen LogP contribution in [0.4, 0.5) is 0 Å². The van der Waals surface area contributed by atoms with Crippen molar-refractivity contribution in [2.75, 3.05) is 13.6 Å². The van der Waals surface area contributed by atoms with Gasteiger partial charge in [-0.25, -0.2) is 0 Å². The fourth-order valence-electron chi connectivity index (χ4n) is 2.75. The molecule has 0 radical (unpaired) electrons. The van der Waals surface area contributed by atoms with E-state index in [4.69, 9.17) is 0 Å². The van der Waals surface area contributed by atoms with E-state index in [0.717, 1.165) is 4.88 Å². The van der Waals surface area contributed by atoms with E-state index in [1.165, 1.54) is 4.90 Å². The Morgan fingerprint density at radius 3 is 2.33 bits per heavy atom. The minimum Gasteiger partial charge on any atom is -0.341 e. The monoisotopic (exact) mass is 342 g/mol. The molecule has 1 aromatic heterocycles. The lowest BCUT2D eigenvalue weighted by Crippen LogP contribution is -2.32. The molecule has 2 heterocycles. The van der Waals surface area contributed by atoms with Crippen LogP contribution < -0.4 is 0 Å². The fourth-order valence-corrected chi connectivity index (χ4v) is 3.50. The van der Waals surface area contributed by atoms with Crippen LogP contribution in [0.1, 0.15) is 38.4 Å². The number of amides is 3. The highest BCUT2D eigenvalue weighted by Crippen LogP contribution is 2.22. The van der Waals surface area contributed by atoms with Crippen LogP contribution in [0.5, 0.6) is 0 Å². The molecule has 24 heavy (non-hydrogen) atoms. The number of nitrogens with zero attached hydrogens (tertiary/aromatic N) is 2. The maximum Gasteiger partial charge on any atom is 0.261 e. The lowest BCUT2D eigenvalue weighted by molar-refractivity contribution is -0.130. The number of hydrogen-bond acceptors (Lipinski definition) is 4. The number of benzene rings is 1. The topological polar surface area (TPSA) is 57.7 Å². The average molecular weight is 342 g/mol. The Morgan fingerprint density at radius 1 is 1.08 bits per heavy atom. The maximum absolute atomic E-state index is 12.2. The zero-order valence-corrected chi connectivity index (χ0v) is 14.2. The summed E-state index contributed by atoms with van der Waals surface area (Å²) >= 11 is 1.62. The Labute approximate surface area is 144 Å². The molecule has 0 saturated carbocycles.